The third kappa shape index (κ3) is 3.65. The van der Waals surface area contributed by atoms with E-state index in [1.165, 1.54) is 7.11 Å². The van der Waals surface area contributed by atoms with Crippen molar-refractivity contribution in [1.82, 2.24) is 0 Å². The first-order valence-electron chi connectivity index (χ1n) is 10.3. The summed E-state index contributed by atoms with van der Waals surface area (Å²) in [5.74, 6) is -0.107. The van der Waals surface area contributed by atoms with Crippen LogP contribution in [0, 0.1) is 16.7 Å². The van der Waals surface area contributed by atoms with Crippen LogP contribution in [0.25, 0.3) is 0 Å². The summed E-state index contributed by atoms with van der Waals surface area (Å²) in [4.78, 5) is 15.3. The van der Waals surface area contributed by atoms with Crippen LogP contribution in [0.2, 0.25) is 0 Å². The quantitative estimate of drug-likeness (QED) is 0.616. The molecule has 0 bridgehead atoms. The molecule has 2 aliphatic rings. The van der Waals surface area contributed by atoms with Gasteiger partial charge in [0.05, 0.1) is 24.7 Å². The van der Waals surface area contributed by atoms with Crippen molar-refractivity contribution in [3.8, 4) is 17.6 Å². The van der Waals surface area contributed by atoms with Gasteiger partial charge in [-0.1, -0.05) is 35.8 Å². The van der Waals surface area contributed by atoms with E-state index in [1.807, 2.05) is 29.2 Å². The molecule has 2 aromatic carbocycles. The molecule has 3 N–H and O–H groups in total. The summed E-state index contributed by atoms with van der Waals surface area (Å²) in [5, 5.41) is 20.5. The molecular weight excluding hydrogens is 470 g/mol. The van der Waals surface area contributed by atoms with E-state index >= 15 is 0 Å². The Morgan fingerprint density at radius 2 is 1.91 bits per heavy atom. The fourth-order valence-corrected chi connectivity index (χ4v) is 4.88. The van der Waals surface area contributed by atoms with Gasteiger partial charge in [0, 0.05) is 27.9 Å². The lowest BCUT2D eigenvalue weighted by Gasteiger charge is -2.43. The van der Waals surface area contributed by atoms with Crippen LogP contribution in [0.1, 0.15) is 38.2 Å². The second kappa shape index (κ2) is 8.03. The molecule has 0 unspecified atom stereocenters. The number of benzene rings is 2. The molecule has 4 rings (SSSR count). The van der Waals surface area contributed by atoms with Gasteiger partial charge in [0.25, 0.3) is 0 Å². The predicted octanol–water partition coefficient (Wildman–Crippen LogP) is 5.10. The number of hydrogen-bond acceptors (Lipinski definition) is 6. The van der Waals surface area contributed by atoms with Gasteiger partial charge >= 0.3 is 0 Å². The maximum absolute atomic E-state index is 13.5. The fraction of sp³-hybridized carbons (Fsp3) is 0.280. The van der Waals surface area contributed by atoms with Gasteiger partial charge in [-0.15, -0.1) is 0 Å². The molecule has 7 heteroatoms. The zero-order valence-electron chi connectivity index (χ0n) is 18.1. The standard InChI is InChI=1S/C25H24BrN3O3/c1-25(2)11-18-23(20(31)12-25)22(14-4-9-21(32-3)19(30)10-14)17(13-27)24(28)29(18)16-7-5-15(26)6-8-16/h4-10,22,30H,11-12,28H2,1-3H3/t22-/m1/s1. The number of carbonyl (C=O) groups excluding carboxylic acids is 1. The fourth-order valence-electron chi connectivity index (χ4n) is 4.61. The van der Waals surface area contributed by atoms with Crippen LogP contribution < -0.4 is 15.4 Å². The van der Waals surface area contributed by atoms with Crippen molar-refractivity contribution in [2.45, 2.75) is 32.6 Å². The Morgan fingerprint density at radius 3 is 2.50 bits per heavy atom. The van der Waals surface area contributed by atoms with E-state index in [0.29, 0.717) is 35.5 Å². The van der Waals surface area contributed by atoms with Crippen LogP contribution in [0.4, 0.5) is 5.69 Å². The second-order valence-electron chi connectivity index (χ2n) is 8.89. The van der Waals surface area contributed by atoms with Gasteiger partial charge in [0.2, 0.25) is 0 Å². The molecule has 0 radical (unpaired) electrons. The minimum absolute atomic E-state index is 0.0149. The molecule has 0 aromatic heterocycles. The topological polar surface area (TPSA) is 99.6 Å². The molecule has 1 heterocycles. The summed E-state index contributed by atoms with van der Waals surface area (Å²) < 4.78 is 6.08. The van der Waals surface area contributed by atoms with Gasteiger partial charge in [-0.3, -0.25) is 9.69 Å². The zero-order chi connectivity index (χ0) is 23.2. The van der Waals surface area contributed by atoms with Crippen LogP contribution in [0.15, 0.2) is 69.6 Å². The molecule has 164 valence electrons. The van der Waals surface area contributed by atoms with Crippen molar-refractivity contribution in [2.75, 3.05) is 12.0 Å². The van der Waals surface area contributed by atoms with Gasteiger partial charge in [0.1, 0.15) is 5.82 Å². The first kappa shape index (κ1) is 22.0. The highest BCUT2D eigenvalue weighted by molar-refractivity contribution is 9.10. The number of Topliss-reactive ketones (excluding diaryl/α,β-unsaturated/α-hetero) is 1. The number of nitriles is 1. The maximum atomic E-state index is 13.5. The molecule has 1 atom stereocenters. The summed E-state index contributed by atoms with van der Waals surface area (Å²) in [6.45, 7) is 4.12. The van der Waals surface area contributed by atoms with E-state index in [9.17, 15) is 15.2 Å². The first-order chi connectivity index (χ1) is 15.2. The number of phenols is 1. The summed E-state index contributed by atoms with van der Waals surface area (Å²) in [6.07, 6.45) is 0.999. The van der Waals surface area contributed by atoms with Gasteiger partial charge in [0.15, 0.2) is 17.3 Å². The van der Waals surface area contributed by atoms with Crippen LogP contribution in [0.5, 0.6) is 11.5 Å². The summed E-state index contributed by atoms with van der Waals surface area (Å²) in [5.41, 5.74) is 9.40. The van der Waals surface area contributed by atoms with Crippen LogP contribution in [0.3, 0.4) is 0 Å². The predicted molar refractivity (Wildman–Crippen MR) is 126 cm³/mol. The van der Waals surface area contributed by atoms with Crippen molar-refractivity contribution in [1.29, 1.82) is 5.26 Å². The average Bonchev–Trinajstić information content (AvgIpc) is 2.73. The Hall–Kier alpha value is -3.24. The van der Waals surface area contributed by atoms with Crippen molar-refractivity contribution >= 4 is 27.4 Å². The average molecular weight is 494 g/mol. The lowest BCUT2D eigenvalue weighted by Crippen LogP contribution is -2.42. The minimum atomic E-state index is -0.651. The number of ketones is 1. The number of nitrogens with zero attached hydrogens (tertiary/aromatic N) is 2. The molecule has 0 saturated heterocycles. The van der Waals surface area contributed by atoms with E-state index in [0.717, 1.165) is 15.9 Å². The van der Waals surface area contributed by atoms with E-state index in [4.69, 9.17) is 10.5 Å². The Labute approximate surface area is 195 Å². The first-order valence-corrected chi connectivity index (χ1v) is 11.0. The van der Waals surface area contributed by atoms with Crippen molar-refractivity contribution in [2.24, 2.45) is 11.1 Å². The van der Waals surface area contributed by atoms with Gasteiger partial charge in [-0.2, -0.15) is 5.26 Å². The highest BCUT2D eigenvalue weighted by atomic mass is 79.9. The van der Waals surface area contributed by atoms with E-state index in [1.54, 1.807) is 18.2 Å². The number of ether oxygens (including phenoxy) is 1. The van der Waals surface area contributed by atoms with Crippen molar-refractivity contribution in [3.05, 3.63) is 75.2 Å². The molecule has 0 fully saturated rings. The SMILES string of the molecule is COc1ccc([C@@H]2C(C#N)=C(N)N(c3ccc(Br)cc3)C3=C2C(=O)CC(C)(C)C3)cc1O. The Bertz CT molecular complexity index is 1210. The van der Waals surface area contributed by atoms with E-state index in [2.05, 4.69) is 35.8 Å². The number of aromatic hydroxyl groups is 1. The maximum Gasteiger partial charge on any atom is 0.162 e. The van der Waals surface area contributed by atoms with Crippen LogP contribution in [-0.4, -0.2) is 18.0 Å². The number of nitrogens with two attached hydrogens (primary N) is 1. The van der Waals surface area contributed by atoms with Gasteiger partial charge < -0.3 is 15.6 Å². The molecular formula is C25H24BrN3O3. The Morgan fingerprint density at radius 1 is 1.22 bits per heavy atom. The molecule has 1 aliphatic carbocycles. The smallest absolute Gasteiger partial charge is 0.162 e. The monoisotopic (exact) mass is 493 g/mol. The Balaban J connectivity index is 1.98. The highest BCUT2D eigenvalue weighted by Gasteiger charge is 2.44. The summed E-state index contributed by atoms with van der Waals surface area (Å²) in [6, 6.07) is 14.8. The van der Waals surface area contributed by atoms with Gasteiger partial charge in [-0.25, -0.2) is 0 Å². The minimum Gasteiger partial charge on any atom is -0.504 e. The molecule has 6 nitrogen and oxygen atoms in total. The molecule has 1 aliphatic heterocycles. The number of carbonyl (C=O) groups is 1. The number of phenolic OH excluding ortho intramolecular Hbond substituents is 1. The third-order valence-electron chi connectivity index (χ3n) is 6.00. The second-order valence-corrected chi connectivity index (χ2v) is 9.80. The number of rotatable bonds is 3. The third-order valence-corrected chi connectivity index (χ3v) is 6.53. The summed E-state index contributed by atoms with van der Waals surface area (Å²) >= 11 is 3.45. The van der Waals surface area contributed by atoms with Crippen LogP contribution >= 0.6 is 15.9 Å². The van der Waals surface area contributed by atoms with Crippen molar-refractivity contribution in [3.63, 3.8) is 0 Å². The van der Waals surface area contributed by atoms with E-state index in [-0.39, 0.29) is 22.5 Å². The lowest BCUT2D eigenvalue weighted by atomic mass is 9.68. The molecule has 2 aromatic rings. The zero-order valence-corrected chi connectivity index (χ0v) is 19.7. The molecule has 0 spiro atoms. The number of anilines is 1. The largest absolute Gasteiger partial charge is 0.504 e. The molecule has 0 amide bonds. The lowest BCUT2D eigenvalue weighted by molar-refractivity contribution is -0.118. The highest BCUT2D eigenvalue weighted by Crippen LogP contribution is 2.50. The number of allylic oxidation sites excluding steroid dienone is 3. The normalized spacial score (nSPS) is 20.2. The summed E-state index contributed by atoms with van der Waals surface area (Å²) in [7, 11) is 1.47. The van der Waals surface area contributed by atoms with E-state index < -0.39 is 5.92 Å². The molecule has 32 heavy (non-hydrogen) atoms. The van der Waals surface area contributed by atoms with Gasteiger partial charge in [-0.05, 0) is 53.8 Å². The number of methoxy groups -OCH3 is 1. The number of hydrogen-bond donors (Lipinski definition) is 2. The van der Waals surface area contributed by atoms with Crippen molar-refractivity contribution < 1.29 is 14.6 Å². The molecule has 0 saturated carbocycles. The van der Waals surface area contributed by atoms with Crippen LogP contribution in [-0.2, 0) is 4.79 Å². The Kier molecular flexibility index (Phi) is 5.51. The number of halogens is 1.